The highest BCUT2D eigenvalue weighted by atomic mass is 79.9. The lowest BCUT2D eigenvalue weighted by atomic mass is 10.0. The summed E-state index contributed by atoms with van der Waals surface area (Å²) in [6.07, 6.45) is 7.20. The van der Waals surface area contributed by atoms with Crippen molar-refractivity contribution in [2.45, 2.75) is 0 Å². The summed E-state index contributed by atoms with van der Waals surface area (Å²) in [5, 5.41) is 0. The Kier molecular flexibility index (Phi) is 6.36. The number of rotatable bonds is 5. The van der Waals surface area contributed by atoms with Crippen molar-refractivity contribution in [1.82, 2.24) is 19.9 Å². The molecule has 4 nitrogen and oxygen atoms in total. The second kappa shape index (κ2) is 10.2. The van der Waals surface area contributed by atoms with Gasteiger partial charge in [0.1, 0.15) is 0 Å². The highest BCUT2D eigenvalue weighted by molar-refractivity contribution is 9.10. The van der Waals surface area contributed by atoms with Crippen molar-refractivity contribution in [3.8, 4) is 56.2 Å². The quantitative estimate of drug-likeness (QED) is 0.220. The Bertz CT molecular complexity index is 1650. The van der Waals surface area contributed by atoms with E-state index >= 15 is 0 Å². The monoisotopic (exact) mass is 540 g/mol. The number of pyridine rings is 2. The molecule has 176 valence electrons. The van der Waals surface area contributed by atoms with Crippen LogP contribution in [0.1, 0.15) is 0 Å². The van der Waals surface area contributed by atoms with Crippen LogP contribution in [0.3, 0.4) is 0 Å². The second-order valence-corrected chi connectivity index (χ2v) is 9.53. The minimum atomic E-state index is 0.635. The van der Waals surface area contributed by atoms with Gasteiger partial charge >= 0.3 is 0 Å². The predicted octanol–water partition coefficient (Wildman–Crippen LogP) is 8.36. The molecule has 0 spiro atoms. The van der Waals surface area contributed by atoms with Crippen LogP contribution in [0.2, 0.25) is 0 Å². The summed E-state index contributed by atoms with van der Waals surface area (Å²) >= 11 is 3.69. The lowest BCUT2D eigenvalue weighted by molar-refractivity contribution is 1.17. The molecule has 6 rings (SSSR count). The topological polar surface area (TPSA) is 51.6 Å². The van der Waals surface area contributed by atoms with Crippen LogP contribution in [0.15, 0.2) is 132 Å². The van der Waals surface area contributed by atoms with Crippen molar-refractivity contribution in [1.29, 1.82) is 0 Å². The number of aromatic nitrogens is 4. The first-order valence-corrected chi connectivity index (χ1v) is 12.7. The molecule has 3 aromatic carbocycles. The summed E-state index contributed by atoms with van der Waals surface area (Å²) in [7, 11) is 0. The largest absolute Gasteiger partial charge is 0.264 e. The van der Waals surface area contributed by atoms with Crippen LogP contribution < -0.4 is 0 Å². The molecule has 0 aliphatic heterocycles. The first-order chi connectivity index (χ1) is 18.2. The highest BCUT2D eigenvalue weighted by Crippen LogP contribution is 2.33. The van der Waals surface area contributed by atoms with E-state index in [0.29, 0.717) is 5.82 Å². The summed E-state index contributed by atoms with van der Waals surface area (Å²) in [5.74, 6) is 0.635. The zero-order valence-electron chi connectivity index (χ0n) is 19.8. The molecule has 0 unspecified atom stereocenters. The van der Waals surface area contributed by atoms with Gasteiger partial charge in [-0.25, -0.2) is 9.97 Å². The van der Waals surface area contributed by atoms with E-state index in [2.05, 4.69) is 98.7 Å². The van der Waals surface area contributed by atoms with Crippen molar-refractivity contribution < 1.29 is 0 Å². The maximum atomic E-state index is 4.95. The first-order valence-electron chi connectivity index (χ1n) is 11.9. The SMILES string of the molecule is Brc1cc(-c2cccnc2)cc(-c2cc(-c3ccc(-c4ccccc4)cc3)nc(-c3cccnc3)n2)c1. The van der Waals surface area contributed by atoms with Gasteiger partial charge in [-0.2, -0.15) is 0 Å². The molecular weight excluding hydrogens is 520 g/mol. The Morgan fingerprint density at radius 2 is 1.00 bits per heavy atom. The number of hydrogen-bond acceptors (Lipinski definition) is 4. The normalized spacial score (nSPS) is 10.8. The molecule has 6 aromatic rings. The third kappa shape index (κ3) is 5.08. The molecule has 37 heavy (non-hydrogen) atoms. The second-order valence-electron chi connectivity index (χ2n) is 8.62. The molecule has 0 N–H and O–H groups in total. The van der Waals surface area contributed by atoms with E-state index in [4.69, 9.17) is 9.97 Å². The van der Waals surface area contributed by atoms with Gasteiger partial charge in [-0.15, -0.1) is 0 Å². The molecule has 0 atom stereocenters. The first kappa shape index (κ1) is 23.0. The standard InChI is InChI=1S/C32H21BrN4/c33-29-17-27(25-8-4-14-34-20-25)16-28(18-29)31-19-30(36-32(37-31)26-9-5-15-35-21-26)24-12-10-23(11-13-24)22-6-2-1-3-7-22/h1-21H. The number of benzene rings is 3. The zero-order valence-corrected chi connectivity index (χ0v) is 21.4. The van der Waals surface area contributed by atoms with Gasteiger partial charge in [0.2, 0.25) is 0 Å². The number of nitrogens with zero attached hydrogens (tertiary/aromatic N) is 4. The third-order valence-electron chi connectivity index (χ3n) is 6.12. The van der Waals surface area contributed by atoms with Crippen LogP contribution in [0.5, 0.6) is 0 Å². The molecule has 3 heterocycles. The Hall–Kier alpha value is -4.48. The van der Waals surface area contributed by atoms with Gasteiger partial charge in [0.05, 0.1) is 11.4 Å². The van der Waals surface area contributed by atoms with Gasteiger partial charge in [-0.3, -0.25) is 9.97 Å². The highest BCUT2D eigenvalue weighted by Gasteiger charge is 2.13. The molecule has 0 saturated heterocycles. The third-order valence-corrected chi connectivity index (χ3v) is 6.58. The van der Waals surface area contributed by atoms with Crippen LogP contribution in [-0.4, -0.2) is 19.9 Å². The molecule has 0 radical (unpaired) electrons. The van der Waals surface area contributed by atoms with Gasteiger partial charge < -0.3 is 0 Å². The average molecular weight is 541 g/mol. The Morgan fingerprint density at radius 3 is 1.68 bits per heavy atom. The number of hydrogen-bond donors (Lipinski definition) is 0. The zero-order chi connectivity index (χ0) is 25.0. The van der Waals surface area contributed by atoms with Gasteiger partial charge in [0, 0.05) is 51.5 Å². The molecular formula is C32H21BrN4. The fraction of sp³-hybridized carbons (Fsp3) is 0. The summed E-state index contributed by atoms with van der Waals surface area (Å²) < 4.78 is 0.971. The van der Waals surface area contributed by atoms with Gasteiger partial charge in [0.25, 0.3) is 0 Å². The maximum absolute atomic E-state index is 4.95. The fourth-order valence-electron chi connectivity index (χ4n) is 4.27. The fourth-order valence-corrected chi connectivity index (χ4v) is 4.76. The molecule has 0 saturated carbocycles. The van der Waals surface area contributed by atoms with Crippen molar-refractivity contribution in [3.63, 3.8) is 0 Å². The van der Waals surface area contributed by atoms with Crippen molar-refractivity contribution in [3.05, 3.63) is 132 Å². The summed E-state index contributed by atoms with van der Waals surface area (Å²) in [5.41, 5.74) is 9.03. The summed E-state index contributed by atoms with van der Waals surface area (Å²) in [6.45, 7) is 0. The Labute approximate surface area is 223 Å². The smallest absolute Gasteiger partial charge is 0.161 e. The van der Waals surface area contributed by atoms with Crippen LogP contribution in [0.25, 0.3) is 56.2 Å². The molecule has 0 bridgehead atoms. The van der Waals surface area contributed by atoms with Gasteiger partial charge in [-0.1, -0.05) is 76.6 Å². The van der Waals surface area contributed by atoms with Crippen LogP contribution >= 0.6 is 15.9 Å². The van der Waals surface area contributed by atoms with E-state index in [1.807, 2.05) is 36.5 Å². The molecule has 0 amide bonds. The molecule has 0 aliphatic rings. The van der Waals surface area contributed by atoms with Gasteiger partial charge in [-0.05, 0) is 59.2 Å². The van der Waals surface area contributed by atoms with E-state index in [-0.39, 0.29) is 0 Å². The van der Waals surface area contributed by atoms with Crippen molar-refractivity contribution in [2.75, 3.05) is 0 Å². The molecule has 0 aliphatic carbocycles. The Balaban J connectivity index is 1.47. The predicted molar refractivity (Wildman–Crippen MR) is 153 cm³/mol. The minimum Gasteiger partial charge on any atom is -0.264 e. The Morgan fingerprint density at radius 1 is 0.432 bits per heavy atom. The van der Waals surface area contributed by atoms with E-state index in [9.17, 15) is 0 Å². The van der Waals surface area contributed by atoms with Crippen molar-refractivity contribution >= 4 is 15.9 Å². The summed E-state index contributed by atoms with van der Waals surface area (Å²) in [6, 6.07) is 35.1. The van der Waals surface area contributed by atoms with Gasteiger partial charge in [0.15, 0.2) is 5.82 Å². The molecule has 3 aromatic heterocycles. The minimum absolute atomic E-state index is 0.635. The molecule has 0 fully saturated rings. The summed E-state index contributed by atoms with van der Waals surface area (Å²) in [4.78, 5) is 18.5. The van der Waals surface area contributed by atoms with Crippen LogP contribution in [0, 0.1) is 0 Å². The van der Waals surface area contributed by atoms with Crippen molar-refractivity contribution in [2.24, 2.45) is 0 Å². The molecule has 5 heteroatoms. The van der Waals surface area contributed by atoms with E-state index in [0.717, 1.165) is 43.7 Å². The van der Waals surface area contributed by atoms with E-state index < -0.39 is 0 Å². The lowest BCUT2D eigenvalue weighted by Crippen LogP contribution is -1.96. The van der Waals surface area contributed by atoms with Crippen LogP contribution in [0.4, 0.5) is 0 Å². The van der Waals surface area contributed by atoms with Crippen LogP contribution in [-0.2, 0) is 0 Å². The van der Waals surface area contributed by atoms with E-state index in [1.54, 1.807) is 18.6 Å². The maximum Gasteiger partial charge on any atom is 0.161 e. The average Bonchev–Trinajstić information content (AvgIpc) is 2.98. The van der Waals surface area contributed by atoms with E-state index in [1.165, 1.54) is 11.1 Å². The number of halogens is 1. The lowest BCUT2D eigenvalue weighted by Gasteiger charge is -2.11.